The molecule has 1 unspecified atom stereocenters. The maximum absolute atomic E-state index is 12.6. The first-order valence-corrected chi connectivity index (χ1v) is 14.4. The van der Waals surface area contributed by atoms with E-state index in [-0.39, 0.29) is 5.56 Å². The van der Waals surface area contributed by atoms with Crippen molar-refractivity contribution in [3.63, 3.8) is 0 Å². The second-order valence-electron chi connectivity index (χ2n) is 9.77. The first-order valence-electron chi connectivity index (χ1n) is 12.8. The molecule has 0 radical (unpaired) electrons. The van der Waals surface area contributed by atoms with Crippen molar-refractivity contribution >= 4 is 34.9 Å². The Morgan fingerprint density at radius 3 is 2.64 bits per heavy atom. The molecule has 0 saturated carbocycles. The number of pyridine rings is 1. The molecule has 36 heavy (non-hydrogen) atoms. The Bertz CT molecular complexity index is 1300. The van der Waals surface area contributed by atoms with Crippen LogP contribution in [0.2, 0.25) is 0 Å². The van der Waals surface area contributed by atoms with Gasteiger partial charge in [0.05, 0.1) is 18.9 Å². The van der Waals surface area contributed by atoms with E-state index >= 15 is 0 Å². The summed E-state index contributed by atoms with van der Waals surface area (Å²) < 4.78 is 5.49. The Morgan fingerprint density at radius 2 is 1.81 bits per heavy atom. The van der Waals surface area contributed by atoms with Crippen LogP contribution in [0.4, 0.5) is 11.4 Å². The quantitative estimate of drug-likeness (QED) is 0.353. The highest BCUT2D eigenvalue weighted by Crippen LogP contribution is 2.52. The van der Waals surface area contributed by atoms with E-state index in [9.17, 15) is 4.79 Å². The molecule has 2 fully saturated rings. The molecule has 2 N–H and O–H groups in total. The molecule has 4 heterocycles. The molecule has 6 nitrogen and oxygen atoms in total. The zero-order valence-corrected chi connectivity index (χ0v) is 22.2. The number of nitrogens with zero attached hydrogens (tertiary/aromatic N) is 2. The van der Waals surface area contributed by atoms with Crippen LogP contribution in [0.5, 0.6) is 0 Å². The van der Waals surface area contributed by atoms with Crippen LogP contribution in [0.1, 0.15) is 19.8 Å². The minimum atomic E-state index is -0.0702. The number of benzene rings is 2. The third-order valence-electron chi connectivity index (χ3n) is 6.99. The first-order chi connectivity index (χ1) is 17.6. The fourth-order valence-corrected chi connectivity index (χ4v) is 7.68. The predicted molar refractivity (Wildman–Crippen MR) is 149 cm³/mol. The van der Waals surface area contributed by atoms with Gasteiger partial charge in [-0.2, -0.15) is 0 Å². The normalized spacial score (nSPS) is 18.5. The SMILES string of the molecule is CC(CN1CCCC1)Nc1ccc2c(c1)Sc1cccc(-c3cc(N4CCOCC4)cc(=O)[nH]3)c1S2. The number of aromatic nitrogens is 1. The number of ether oxygens (including phenoxy) is 1. The second kappa shape index (κ2) is 10.5. The standard InChI is InChI=1S/C28H32N4O2S2/c1-19(18-31-9-2-3-10-31)29-20-7-8-24-26(15-20)35-25-6-4-5-22(28(25)36-24)23-16-21(17-27(33)30-23)32-11-13-34-14-12-32/h4-8,15-17,19,29H,2-3,9-14,18H2,1H3,(H,30,33). The summed E-state index contributed by atoms with van der Waals surface area (Å²) in [6.45, 7) is 8.81. The molecule has 0 bridgehead atoms. The Morgan fingerprint density at radius 1 is 0.972 bits per heavy atom. The summed E-state index contributed by atoms with van der Waals surface area (Å²) in [7, 11) is 0. The zero-order chi connectivity index (χ0) is 24.5. The van der Waals surface area contributed by atoms with Gasteiger partial charge in [-0.05, 0) is 63.2 Å². The lowest BCUT2D eigenvalue weighted by molar-refractivity contribution is 0.122. The average Bonchev–Trinajstić information content (AvgIpc) is 3.40. The van der Waals surface area contributed by atoms with Gasteiger partial charge >= 0.3 is 0 Å². The lowest BCUT2D eigenvalue weighted by Gasteiger charge is -2.29. The van der Waals surface area contributed by atoms with Gasteiger partial charge in [0, 0.05) is 68.3 Å². The highest BCUT2D eigenvalue weighted by Gasteiger charge is 2.23. The van der Waals surface area contributed by atoms with Gasteiger partial charge < -0.3 is 24.8 Å². The number of hydrogen-bond acceptors (Lipinski definition) is 7. The van der Waals surface area contributed by atoms with E-state index in [0.717, 1.165) is 36.6 Å². The minimum absolute atomic E-state index is 0.0702. The van der Waals surface area contributed by atoms with Crippen molar-refractivity contribution < 1.29 is 4.74 Å². The Hall–Kier alpha value is -2.39. The van der Waals surface area contributed by atoms with Crippen LogP contribution in [0.3, 0.4) is 0 Å². The molecule has 1 atom stereocenters. The molecule has 188 valence electrons. The fraction of sp³-hybridized carbons (Fsp3) is 0.393. The average molecular weight is 521 g/mol. The monoisotopic (exact) mass is 520 g/mol. The van der Waals surface area contributed by atoms with Crippen LogP contribution < -0.4 is 15.8 Å². The van der Waals surface area contributed by atoms with E-state index < -0.39 is 0 Å². The Labute approximate surface area is 220 Å². The van der Waals surface area contributed by atoms with Gasteiger partial charge in [-0.25, -0.2) is 0 Å². The van der Waals surface area contributed by atoms with Crippen molar-refractivity contribution in [2.45, 2.75) is 45.4 Å². The van der Waals surface area contributed by atoms with Gasteiger partial charge in [0.1, 0.15) is 0 Å². The van der Waals surface area contributed by atoms with Gasteiger partial charge in [-0.1, -0.05) is 35.7 Å². The maximum Gasteiger partial charge on any atom is 0.250 e. The number of H-pyrrole nitrogens is 1. The van der Waals surface area contributed by atoms with E-state index in [1.165, 1.54) is 51.2 Å². The fourth-order valence-electron chi connectivity index (χ4n) is 5.26. The highest BCUT2D eigenvalue weighted by atomic mass is 32.2. The van der Waals surface area contributed by atoms with Crippen LogP contribution in [-0.2, 0) is 4.74 Å². The van der Waals surface area contributed by atoms with Crippen LogP contribution in [0.15, 0.2) is 72.9 Å². The van der Waals surface area contributed by atoms with Gasteiger partial charge in [0.2, 0.25) is 5.56 Å². The third kappa shape index (κ3) is 5.18. The molecule has 8 heteroatoms. The van der Waals surface area contributed by atoms with E-state index in [2.05, 4.69) is 69.5 Å². The van der Waals surface area contributed by atoms with E-state index in [0.29, 0.717) is 19.3 Å². The number of aromatic amines is 1. The van der Waals surface area contributed by atoms with Crippen molar-refractivity contribution in [2.24, 2.45) is 0 Å². The third-order valence-corrected chi connectivity index (χ3v) is 9.59. The Kier molecular flexibility index (Phi) is 7.02. The topological polar surface area (TPSA) is 60.6 Å². The number of nitrogens with one attached hydrogen (secondary N) is 2. The molecule has 6 rings (SSSR count). The summed E-state index contributed by atoms with van der Waals surface area (Å²) in [4.78, 5) is 25.4. The molecule has 3 aliphatic heterocycles. The zero-order valence-electron chi connectivity index (χ0n) is 20.6. The molecule has 0 spiro atoms. The largest absolute Gasteiger partial charge is 0.381 e. The maximum atomic E-state index is 12.6. The summed E-state index contributed by atoms with van der Waals surface area (Å²) in [5, 5.41) is 3.71. The molecule has 3 aliphatic rings. The van der Waals surface area contributed by atoms with Crippen molar-refractivity contribution in [3.05, 3.63) is 58.9 Å². The summed E-state index contributed by atoms with van der Waals surface area (Å²) in [6, 6.07) is 17.3. The summed E-state index contributed by atoms with van der Waals surface area (Å²) in [5.74, 6) is 0. The lowest BCUT2D eigenvalue weighted by Crippen LogP contribution is -2.36. The molecule has 2 aromatic carbocycles. The number of likely N-dealkylation sites (tertiary alicyclic amines) is 1. The number of anilines is 2. The van der Waals surface area contributed by atoms with Crippen LogP contribution in [0, 0.1) is 0 Å². The number of rotatable bonds is 6. The predicted octanol–water partition coefficient (Wildman–Crippen LogP) is 5.39. The molecule has 2 saturated heterocycles. The summed E-state index contributed by atoms with van der Waals surface area (Å²) in [5.41, 5.74) is 4.01. The smallest absolute Gasteiger partial charge is 0.250 e. The summed E-state index contributed by atoms with van der Waals surface area (Å²) >= 11 is 3.60. The summed E-state index contributed by atoms with van der Waals surface area (Å²) in [6.07, 6.45) is 2.65. The number of hydrogen-bond donors (Lipinski definition) is 2. The van der Waals surface area contributed by atoms with Crippen LogP contribution in [0.25, 0.3) is 11.3 Å². The van der Waals surface area contributed by atoms with Gasteiger partial charge in [-0.15, -0.1) is 0 Å². The second-order valence-corrected chi connectivity index (χ2v) is 11.9. The van der Waals surface area contributed by atoms with E-state index in [1.807, 2.05) is 11.8 Å². The van der Waals surface area contributed by atoms with E-state index in [4.69, 9.17) is 4.74 Å². The molecule has 1 aromatic heterocycles. The molecule has 0 aliphatic carbocycles. The van der Waals surface area contributed by atoms with Crippen molar-refractivity contribution in [3.8, 4) is 11.3 Å². The molecule has 3 aromatic rings. The van der Waals surface area contributed by atoms with Crippen LogP contribution in [-0.4, -0.2) is 61.9 Å². The molecule has 0 amide bonds. The van der Waals surface area contributed by atoms with Crippen molar-refractivity contribution in [1.82, 2.24) is 9.88 Å². The lowest BCUT2D eigenvalue weighted by atomic mass is 10.1. The highest BCUT2D eigenvalue weighted by molar-refractivity contribution is 8.05. The number of fused-ring (bicyclic) bond motifs is 2. The molecular formula is C28H32N4O2S2. The van der Waals surface area contributed by atoms with Gasteiger partial charge in [0.15, 0.2) is 0 Å². The Balaban J connectivity index is 1.24. The van der Waals surface area contributed by atoms with Crippen LogP contribution >= 0.6 is 23.5 Å². The minimum Gasteiger partial charge on any atom is -0.381 e. The van der Waals surface area contributed by atoms with Gasteiger partial charge in [-0.3, -0.25) is 4.79 Å². The van der Waals surface area contributed by atoms with Crippen molar-refractivity contribution in [1.29, 1.82) is 0 Å². The first kappa shape index (κ1) is 24.0. The van der Waals surface area contributed by atoms with E-state index in [1.54, 1.807) is 17.8 Å². The molecular weight excluding hydrogens is 488 g/mol. The van der Waals surface area contributed by atoms with Crippen molar-refractivity contribution in [2.75, 3.05) is 56.2 Å². The number of morpholine rings is 1. The van der Waals surface area contributed by atoms with Gasteiger partial charge in [0.25, 0.3) is 0 Å².